The summed E-state index contributed by atoms with van der Waals surface area (Å²) >= 11 is 0. The molecule has 1 unspecified atom stereocenters. The van der Waals surface area contributed by atoms with Crippen molar-refractivity contribution in [3.63, 3.8) is 0 Å². The third kappa shape index (κ3) is 3.27. The zero-order valence-electron chi connectivity index (χ0n) is 12.4. The minimum atomic E-state index is -0.543. The summed E-state index contributed by atoms with van der Waals surface area (Å²) in [6, 6.07) is 0. The maximum absolute atomic E-state index is 11.8. The highest BCUT2D eigenvalue weighted by Crippen LogP contribution is 2.46. The lowest BCUT2D eigenvalue weighted by molar-refractivity contribution is -0.155. The van der Waals surface area contributed by atoms with Crippen LogP contribution in [0.3, 0.4) is 0 Å². The Bertz CT molecular complexity index is 254. The minimum Gasteiger partial charge on any atom is -0.481 e. The van der Waals surface area contributed by atoms with Crippen molar-refractivity contribution >= 4 is 5.97 Å². The van der Waals surface area contributed by atoms with Gasteiger partial charge in [-0.1, -0.05) is 52.9 Å². The first-order valence-corrected chi connectivity index (χ1v) is 7.84. The third-order valence-corrected chi connectivity index (χ3v) is 5.24. The fourth-order valence-electron chi connectivity index (χ4n) is 3.72. The minimum absolute atomic E-state index is 0.411. The Hall–Kier alpha value is -0.530. The fourth-order valence-corrected chi connectivity index (χ4v) is 3.72. The van der Waals surface area contributed by atoms with Gasteiger partial charge in [-0.25, -0.2) is 0 Å². The molecule has 1 N–H and O–H groups in total. The molecule has 0 spiro atoms. The van der Waals surface area contributed by atoms with Gasteiger partial charge in [-0.15, -0.1) is 0 Å². The number of hydrogen-bond donors (Lipinski definition) is 1. The summed E-state index contributed by atoms with van der Waals surface area (Å²) in [5.41, 5.74) is -0.436. The molecule has 0 aromatic carbocycles. The SMILES string of the molecule is CCCCC(CC)(C(=O)O)C1CCC(CC)CC1. The summed E-state index contributed by atoms with van der Waals surface area (Å²) in [4.78, 5) is 11.8. The molecule has 18 heavy (non-hydrogen) atoms. The Morgan fingerprint density at radius 2 is 1.78 bits per heavy atom. The van der Waals surface area contributed by atoms with Gasteiger partial charge in [-0.05, 0) is 37.5 Å². The van der Waals surface area contributed by atoms with Crippen LogP contribution in [0.15, 0.2) is 0 Å². The molecule has 0 aromatic rings. The molecule has 1 fully saturated rings. The van der Waals surface area contributed by atoms with Gasteiger partial charge in [0.05, 0.1) is 5.41 Å². The van der Waals surface area contributed by atoms with Gasteiger partial charge in [0.1, 0.15) is 0 Å². The van der Waals surface area contributed by atoms with Crippen molar-refractivity contribution in [3.05, 3.63) is 0 Å². The summed E-state index contributed by atoms with van der Waals surface area (Å²) in [5, 5.41) is 9.73. The lowest BCUT2D eigenvalue weighted by Crippen LogP contribution is -2.40. The number of rotatable bonds is 7. The highest BCUT2D eigenvalue weighted by Gasteiger charge is 2.44. The van der Waals surface area contributed by atoms with Crippen LogP contribution in [0.25, 0.3) is 0 Å². The lowest BCUT2D eigenvalue weighted by atomic mass is 9.63. The van der Waals surface area contributed by atoms with Crippen molar-refractivity contribution < 1.29 is 9.90 Å². The first kappa shape index (κ1) is 15.5. The molecule has 0 aromatic heterocycles. The van der Waals surface area contributed by atoms with Crippen LogP contribution in [-0.4, -0.2) is 11.1 Å². The van der Waals surface area contributed by atoms with E-state index in [1.54, 1.807) is 0 Å². The Morgan fingerprint density at radius 3 is 2.17 bits per heavy atom. The normalized spacial score (nSPS) is 27.7. The topological polar surface area (TPSA) is 37.3 Å². The van der Waals surface area contributed by atoms with Crippen molar-refractivity contribution in [2.45, 2.75) is 78.6 Å². The van der Waals surface area contributed by atoms with Gasteiger partial charge in [-0.2, -0.15) is 0 Å². The smallest absolute Gasteiger partial charge is 0.309 e. The molecule has 2 nitrogen and oxygen atoms in total. The van der Waals surface area contributed by atoms with E-state index in [9.17, 15) is 9.90 Å². The van der Waals surface area contributed by atoms with E-state index in [0.717, 1.165) is 44.4 Å². The standard InChI is InChI=1S/C16H30O2/c1-4-7-12-16(6-3,15(17)18)14-10-8-13(5-2)9-11-14/h13-14H,4-12H2,1-3H3,(H,17,18). The van der Waals surface area contributed by atoms with Crippen LogP contribution in [0, 0.1) is 17.3 Å². The van der Waals surface area contributed by atoms with Gasteiger partial charge < -0.3 is 5.11 Å². The van der Waals surface area contributed by atoms with E-state index in [1.807, 2.05) is 0 Å². The second-order valence-electron chi connectivity index (χ2n) is 6.04. The molecule has 0 amide bonds. The van der Waals surface area contributed by atoms with Crippen LogP contribution in [0.5, 0.6) is 0 Å². The van der Waals surface area contributed by atoms with Crippen LogP contribution >= 0.6 is 0 Å². The molecule has 1 aliphatic rings. The van der Waals surface area contributed by atoms with E-state index in [1.165, 1.54) is 19.3 Å². The Morgan fingerprint density at radius 1 is 1.17 bits per heavy atom. The average Bonchev–Trinajstić information content (AvgIpc) is 2.40. The molecule has 0 radical (unpaired) electrons. The predicted molar refractivity (Wildman–Crippen MR) is 75.6 cm³/mol. The summed E-state index contributed by atoms with van der Waals surface area (Å²) in [7, 11) is 0. The molecule has 1 aliphatic carbocycles. The largest absolute Gasteiger partial charge is 0.481 e. The van der Waals surface area contributed by atoms with Crippen molar-refractivity contribution in [1.82, 2.24) is 0 Å². The molecular weight excluding hydrogens is 224 g/mol. The van der Waals surface area contributed by atoms with Gasteiger partial charge in [0.15, 0.2) is 0 Å². The van der Waals surface area contributed by atoms with Crippen LogP contribution in [0.1, 0.15) is 78.6 Å². The Labute approximate surface area is 112 Å². The van der Waals surface area contributed by atoms with Crippen molar-refractivity contribution in [2.24, 2.45) is 17.3 Å². The zero-order chi connectivity index (χ0) is 13.6. The third-order valence-electron chi connectivity index (χ3n) is 5.24. The lowest BCUT2D eigenvalue weighted by Gasteiger charge is -2.40. The van der Waals surface area contributed by atoms with Crippen LogP contribution in [0.2, 0.25) is 0 Å². The number of unbranched alkanes of at least 4 members (excludes halogenated alkanes) is 1. The molecule has 1 saturated carbocycles. The average molecular weight is 254 g/mol. The van der Waals surface area contributed by atoms with Gasteiger partial charge in [0, 0.05) is 0 Å². The van der Waals surface area contributed by atoms with E-state index in [-0.39, 0.29) is 0 Å². The summed E-state index contributed by atoms with van der Waals surface area (Å²) in [6.07, 6.45) is 9.80. The fraction of sp³-hybridized carbons (Fsp3) is 0.938. The summed E-state index contributed by atoms with van der Waals surface area (Å²) < 4.78 is 0. The van der Waals surface area contributed by atoms with Gasteiger partial charge in [0.25, 0.3) is 0 Å². The van der Waals surface area contributed by atoms with E-state index in [0.29, 0.717) is 5.92 Å². The second-order valence-corrected chi connectivity index (χ2v) is 6.04. The number of hydrogen-bond acceptors (Lipinski definition) is 1. The number of carboxylic acids is 1. The molecule has 106 valence electrons. The van der Waals surface area contributed by atoms with Crippen LogP contribution < -0.4 is 0 Å². The van der Waals surface area contributed by atoms with Crippen molar-refractivity contribution in [1.29, 1.82) is 0 Å². The highest BCUT2D eigenvalue weighted by molar-refractivity contribution is 5.75. The van der Waals surface area contributed by atoms with Crippen LogP contribution in [-0.2, 0) is 4.79 Å². The van der Waals surface area contributed by atoms with Crippen molar-refractivity contribution in [2.75, 3.05) is 0 Å². The van der Waals surface area contributed by atoms with Crippen LogP contribution in [0.4, 0.5) is 0 Å². The molecule has 1 atom stereocenters. The molecule has 0 bridgehead atoms. The molecule has 0 heterocycles. The number of carbonyl (C=O) groups is 1. The monoisotopic (exact) mass is 254 g/mol. The van der Waals surface area contributed by atoms with Gasteiger partial charge in [0.2, 0.25) is 0 Å². The molecule has 2 heteroatoms. The highest BCUT2D eigenvalue weighted by atomic mass is 16.4. The maximum atomic E-state index is 11.8. The molecule has 1 rings (SSSR count). The summed E-state index contributed by atoms with van der Waals surface area (Å²) in [6.45, 7) is 6.47. The van der Waals surface area contributed by atoms with Gasteiger partial charge in [-0.3, -0.25) is 4.79 Å². The quantitative estimate of drug-likeness (QED) is 0.703. The maximum Gasteiger partial charge on any atom is 0.309 e. The Balaban J connectivity index is 2.74. The number of carboxylic acid groups (broad SMARTS) is 1. The van der Waals surface area contributed by atoms with Crippen molar-refractivity contribution in [3.8, 4) is 0 Å². The van der Waals surface area contributed by atoms with E-state index < -0.39 is 11.4 Å². The van der Waals surface area contributed by atoms with Gasteiger partial charge >= 0.3 is 5.97 Å². The Kier molecular flexibility index (Phi) is 6.17. The summed E-state index contributed by atoms with van der Waals surface area (Å²) in [5.74, 6) is 0.712. The number of aliphatic carboxylic acids is 1. The first-order chi connectivity index (χ1) is 8.60. The van der Waals surface area contributed by atoms with E-state index in [4.69, 9.17) is 0 Å². The predicted octanol–water partition coefficient (Wildman–Crippen LogP) is 4.87. The molecule has 0 saturated heterocycles. The molecular formula is C16H30O2. The van der Waals surface area contributed by atoms with E-state index >= 15 is 0 Å². The second kappa shape index (κ2) is 7.16. The first-order valence-electron chi connectivity index (χ1n) is 7.84. The molecule has 0 aliphatic heterocycles. The van der Waals surface area contributed by atoms with E-state index in [2.05, 4.69) is 20.8 Å². The zero-order valence-corrected chi connectivity index (χ0v) is 12.4.